The molecule has 0 aliphatic carbocycles. The lowest BCUT2D eigenvalue weighted by Crippen LogP contribution is -2.57. The van der Waals surface area contributed by atoms with Gasteiger partial charge in [-0.2, -0.15) is 0 Å². The van der Waals surface area contributed by atoms with E-state index in [1.54, 1.807) is 9.80 Å². The SMILES string of the molecule is C=CC(=O)N1CCN2C(=O)c3c(N4CCC(NC)C4(C)C)nc(-c4c(O)cccc4F)c(F)c3OC[C@H]2C1. The summed E-state index contributed by atoms with van der Waals surface area (Å²) in [6.07, 6.45) is 1.95. The summed E-state index contributed by atoms with van der Waals surface area (Å²) in [6.45, 7) is 8.66. The number of benzene rings is 1. The molecule has 2 N–H and O–H groups in total. The minimum Gasteiger partial charge on any atom is -0.507 e. The molecule has 2 fully saturated rings. The van der Waals surface area contributed by atoms with E-state index in [9.17, 15) is 19.1 Å². The number of nitrogens with zero attached hydrogens (tertiary/aromatic N) is 4. The zero-order valence-corrected chi connectivity index (χ0v) is 21.6. The number of carbonyl (C=O) groups is 2. The van der Waals surface area contributed by atoms with Gasteiger partial charge in [0, 0.05) is 32.2 Å². The first-order valence-corrected chi connectivity index (χ1v) is 12.6. The summed E-state index contributed by atoms with van der Waals surface area (Å²) < 4.78 is 37.0. The van der Waals surface area contributed by atoms with E-state index in [0.29, 0.717) is 13.1 Å². The quantitative estimate of drug-likeness (QED) is 0.590. The van der Waals surface area contributed by atoms with Crippen LogP contribution in [-0.2, 0) is 4.79 Å². The van der Waals surface area contributed by atoms with E-state index in [0.717, 1.165) is 12.5 Å². The number of hydrogen-bond donors (Lipinski definition) is 2. The Morgan fingerprint density at radius 2 is 2.03 bits per heavy atom. The van der Waals surface area contributed by atoms with Gasteiger partial charge in [-0.1, -0.05) is 12.6 Å². The summed E-state index contributed by atoms with van der Waals surface area (Å²) in [5.41, 5.74) is -1.42. The number of rotatable bonds is 4. The number of ether oxygens (including phenoxy) is 1. The number of phenols is 1. The van der Waals surface area contributed by atoms with Crippen LogP contribution in [-0.4, -0.2) is 89.2 Å². The molecule has 5 rings (SSSR count). The number of piperazine rings is 1. The summed E-state index contributed by atoms with van der Waals surface area (Å²) in [4.78, 5) is 35.9. The van der Waals surface area contributed by atoms with Gasteiger partial charge in [-0.05, 0) is 45.5 Å². The molecule has 0 bridgehead atoms. The van der Waals surface area contributed by atoms with E-state index in [2.05, 4.69) is 16.9 Å². The monoisotopic (exact) mass is 527 g/mol. The highest BCUT2D eigenvalue weighted by atomic mass is 19.1. The van der Waals surface area contributed by atoms with Crippen molar-refractivity contribution < 1.29 is 28.2 Å². The third-order valence-electron chi connectivity index (χ3n) is 7.96. The minimum atomic E-state index is -1.03. The van der Waals surface area contributed by atoms with Crippen LogP contribution in [0.4, 0.5) is 14.6 Å². The molecule has 2 amide bonds. The zero-order chi connectivity index (χ0) is 27.4. The number of carbonyl (C=O) groups excluding carboxylic acids is 2. The molecule has 11 heteroatoms. The lowest BCUT2D eigenvalue weighted by molar-refractivity contribution is -0.128. The number of pyridine rings is 1. The fraction of sp³-hybridized carbons (Fsp3) is 0.444. The molecule has 9 nitrogen and oxygen atoms in total. The van der Waals surface area contributed by atoms with Crippen LogP contribution in [0.1, 0.15) is 30.6 Å². The van der Waals surface area contributed by atoms with Crippen molar-refractivity contribution in [3.8, 4) is 22.8 Å². The predicted molar refractivity (Wildman–Crippen MR) is 137 cm³/mol. The molecule has 1 aromatic carbocycles. The summed E-state index contributed by atoms with van der Waals surface area (Å²) in [5.74, 6) is -3.27. The van der Waals surface area contributed by atoms with Gasteiger partial charge in [0.1, 0.15) is 35.2 Å². The molecule has 3 aliphatic heterocycles. The van der Waals surface area contributed by atoms with Crippen molar-refractivity contribution in [3.05, 3.63) is 48.1 Å². The second-order valence-corrected chi connectivity index (χ2v) is 10.3. The van der Waals surface area contributed by atoms with Crippen molar-refractivity contribution in [2.45, 2.75) is 37.9 Å². The molecule has 38 heavy (non-hydrogen) atoms. The van der Waals surface area contributed by atoms with Crippen LogP contribution in [0.15, 0.2) is 30.9 Å². The van der Waals surface area contributed by atoms with Crippen molar-refractivity contribution in [1.29, 1.82) is 0 Å². The highest BCUT2D eigenvalue weighted by Crippen LogP contribution is 2.45. The van der Waals surface area contributed by atoms with Crippen LogP contribution in [0.3, 0.4) is 0 Å². The average Bonchev–Trinajstić information content (AvgIpc) is 3.11. The van der Waals surface area contributed by atoms with Gasteiger partial charge in [-0.3, -0.25) is 9.59 Å². The third-order valence-corrected chi connectivity index (χ3v) is 7.96. The van der Waals surface area contributed by atoms with Gasteiger partial charge in [0.25, 0.3) is 5.91 Å². The number of hydrogen-bond acceptors (Lipinski definition) is 7. The molecule has 2 aromatic rings. The lowest BCUT2D eigenvalue weighted by Gasteiger charge is -2.40. The number of nitrogens with one attached hydrogen (secondary N) is 1. The Labute approximate surface area is 219 Å². The maximum absolute atomic E-state index is 16.1. The molecule has 0 radical (unpaired) electrons. The van der Waals surface area contributed by atoms with Gasteiger partial charge in [0.05, 0.1) is 17.1 Å². The predicted octanol–water partition coefficient (Wildman–Crippen LogP) is 2.54. The van der Waals surface area contributed by atoms with Gasteiger partial charge < -0.3 is 29.9 Å². The number of halogens is 2. The number of amides is 2. The van der Waals surface area contributed by atoms with E-state index in [1.807, 2.05) is 25.8 Å². The molecular weight excluding hydrogens is 496 g/mol. The smallest absolute Gasteiger partial charge is 0.262 e. The highest BCUT2D eigenvalue weighted by Gasteiger charge is 2.46. The second-order valence-electron chi connectivity index (χ2n) is 10.3. The number of aromatic nitrogens is 1. The molecule has 1 unspecified atom stereocenters. The molecule has 3 aliphatic rings. The molecule has 0 spiro atoms. The van der Waals surface area contributed by atoms with Gasteiger partial charge in [-0.25, -0.2) is 13.8 Å². The Morgan fingerprint density at radius 1 is 1.26 bits per heavy atom. The Bertz CT molecular complexity index is 1300. The number of aromatic hydroxyl groups is 1. The van der Waals surface area contributed by atoms with Crippen LogP contribution in [0.25, 0.3) is 11.3 Å². The van der Waals surface area contributed by atoms with Crippen LogP contribution in [0.2, 0.25) is 0 Å². The first kappa shape index (κ1) is 25.9. The van der Waals surface area contributed by atoms with Crippen molar-refractivity contribution in [2.75, 3.05) is 44.7 Å². The average molecular weight is 528 g/mol. The van der Waals surface area contributed by atoms with E-state index in [1.165, 1.54) is 18.2 Å². The van der Waals surface area contributed by atoms with Gasteiger partial charge in [0.2, 0.25) is 5.91 Å². The van der Waals surface area contributed by atoms with Crippen LogP contribution < -0.4 is 15.0 Å². The van der Waals surface area contributed by atoms with Gasteiger partial charge in [0.15, 0.2) is 11.6 Å². The van der Waals surface area contributed by atoms with E-state index < -0.39 is 46.1 Å². The van der Waals surface area contributed by atoms with Gasteiger partial charge >= 0.3 is 0 Å². The molecule has 202 valence electrons. The summed E-state index contributed by atoms with van der Waals surface area (Å²) in [7, 11) is 1.85. The van der Waals surface area contributed by atoms with Gasteiger partial charge in [-0.15, -0.1) is 0 Å². The van der Waals surface area contributed by atoms with Crippen molar-refractivity contribution in [3.63, 3.8) is 0 Å². The van der Waals surface area contributed by atoms with Crippen molar-refractivity contribution >= 4 is 17.6 Å². The lowest BCUT2D eigenvalue weighted by atomic mass is 9.95. The van der Waals surface area contributed by atoms with E-state index >= 15 is 4.39 Å². The molecule has 1 aromatic heterocycles. The number of fused-ring (bicyclic) bond motifs is 2. The summed E-state index contributed by atoms with van der Waals surface area (Å²) in [6, 6.07) is 3.18. The maximum atomic E-state index is 16.1. The van der Waals surface area contributed by atoms with Crippen molar-refractivity contribution in [1.82, 2.24) is 20.1 Å². The maximum Gasteiger partial charge on any atom is 0.262 e. The Balaban J connectivity index is 1.70. The normalized spacial score (nSPS) is 22.4. The first-order chi connectivity index (χ1) is 18.1. The molecule has 4 heterocycles. The number of likely N-dealkylation sites (N-methyl/N-ethyl adjacent to an activating group) is 1. The fourth-order valence-corrected chi connectivity index (χ4v) is 5.85. The molecular formula is C27H31F2N5O4. The molecule has 2 saturated heterocycles. The topological polar surface area (TPSA) is 98.2 Å². The zero-order valence-electron chi connectivity index (χ0n) is 21.6. The van der Waals surface area contributed by atoms with Crippen LogP contribution in [0.5, 0.6) is 11.5 Å². The largest absolute Gasteiger partial charge is 0.507 e. The summed E-state index contributed by atoms with van der Waals surface area (Å²) >= 11 is 0. The Hall–Kier alpha value is -3.73. The fourth-order valence-electron chi connectivity index (χ4n) is 5.85. The first-order valence-electron chi connectivity index (χ1n) is 12.6. The second kappa shape index (κ2) is 9.54. The third kappa shape index (κ3) is 3.96. The minimum absolute atomic E-state index is 0.0401. The summed E-state index contributed by atoms with van der Waals surface area (Å²) in [5, 5.41) is 13.7. The van der Waals surface area contributed by atoms with E-state index in [-0.39, 0.29) is 48.8 Å². The number of phenolic OH excluding ortho intramolecular Hbond substituents is 1. The standard InChI is InChI=1S/C27H31F2N5O4/c1-5-19(36)32-11-12-33-15(13-32)14-38-24-21(26(33)37)25(34-10-9-18(30-4)27(34,2)3)31-23(22(24)29)20-16(28)7-6-8-17(20)35/h5-8,15,18,30,35H,1,9-14H2,2-4H3/t15-,18?/m1/s1. The Morgan fingerprint density at radius 3 is 2.68 bits per heavy atom. The number of anilines is 1. The van der Waals surface area contributed by atoms with Crippen LogP contribution in [0, 0.1) is 11.6 Å². The van der Waals surface area contributed by atoms with Crippen molar-refractivity contribution in [2.24, 2.45) is 0 Å². The van der Waals surface area contributed by atoms with E-state index in [4.69, 9.17) is 4.74 Å². The molecule has 0 saturated carbocycles. The Kier molecular flexibility index (Phi) is 6.50. The highest BCUT2D eigenvalue weighted by molar-refractivity contribution is 6.03. The van der Waals surface area contributed by atoms with Crippen LogP contribution >= 0.6 is 0 Å². The molecule has 2 atom stereocenters.